The number of aryl methyl sites for hydroxylation is 1. The maximum atomic E-state index is 6.34. The standard InChI is InChI=1S/C17H24ClN5/c1-14(8-10-23-13-19-12-20-23)21-15-5-4-9-22(11-15)17-7-3-2-6-16(17)18/h2-3,6-7,12-15,21H,4-5,8-11H2,1H3/t14-,15-/m1/s1. The topological polar surface area (TPSA) is 46.0 Å². The molecule has 2 aromatic rings. The molecule has 2 atom stereocenters. The number of halogens is 1. The third kappa shape index (κ3) is 4.45. The maximum absolute atomic E-state index is 6.34. The lowest BCUT2D eigenvalue weighted by Gasteiger charge is -2.36. The summed E-state index contributed by atoms with van der Waals surface area (Å²) in [5, 5.41) is 8.75. The van der Waals surface area contributed by atoms with E-state index in [0.717, 1.165) is 36.8 Å². The zero-order chi connectivity index (χ0) is 16.1. The van der Waals surface area contributed by atoms with Crippen LogP contribution in [0.3, 0.4) is 0 Å². The third-order valence-electron chi connectivity index (χ3n) is 4.39. The molecule has 0 unspecified atom stereocenters. The molecule has 6 heteroatoms. The second-order valence-corrected chi connectivity index (χ2v) is 6.66. The number of hydrogen-bond donors (Lipinski definition) is 1. The fraction of sp³-hybridized carbons (Fsp3) is 0.529. The lowest BCUT2D eigenvalue weighted by Crippen LogP contribution is -2.48. The molecule has 1 aliphatic heterocycles. The molecule has 23 heavy (non-hydrogen) atoms. The van der Waals surface area contributed by atoms with Crippen molar-refractivity contribution in [1.29, 1.82) is 0 Å². The van der Waals surface area contributed by atoms with Gasteiger partial charge in [-0.25, -0.2) is 4.98 Å². The molecule has 1 aromatic carbocycles. The van der Waals surface area contributed by atoms with Gasteiger partial charge in [0.15, 0.2) is 0 Å². The van der Waals surface area contributed by atoms with Crippen LogP contribution >= 0.6 is 11.6 Å². The van der Waals surface area contributed by atoms with Gasteiger partial charge >= 0.3 is 0 Å². The smallest absolute Gasteiger partial charge is 0.137 e. The van der Waals surface area contributed by atoms with Crippen LogP contribution < -0.4 is 10.2 Å². The average Bonchev–Trinajstić information content (AvgIpc) is 3.07. The van der Waals surface area contributed by atoms with E-state index in [4.69, 9.17) is 11.6 Å². The van der Waals surface area contributed by atoms with Crippen molar-refractivity contribution in [2.75, 3.05) is 18.0 Å². The number of para-hydroxylation sites is 1. The minimum Gasteiger partial charge on any atom is -0.369 e. The van der Waals surface area contributed by atoms with Gasteiger partial charge in [-0.05, 0) is 38.3 Å². The maximum Gasteiger partial charge on any atom is 0.137 e. The van der Waals surface area contributed by atoms with Crippen molar-refractivity contribution in [2.24, 2.45) is 0 Å². The van der Waals surface area contributed by atoms with Gasteiger partial charge in [-0.15, -0.1) is 0 Å². The van der Waals surface area contributed by atoms with Crippen LogP contribution in [0.25, 0.3) is 0 Å². The molecular formula is C17H24ClN5. The molecule has 1 aromatic heterocycles. The fourth-order valence-corrected chi connectivity index (χ4v) is 3.46. The van der Waals surface area contributed by atoms with Crippen molar-refractivity contribution in [3.8, 4) is 0 Å². The number of anilines is 1. The van der Waals surface area contributed by atoms with Crippen molar-refractivity contribution in [3.63, 3.8) is 0 Å². The van der Waals surface area contributed by atoms with E-state index >= 15 is 0 Å². The monoisotopic (exact) mass is 333 g/mol. The largest absolute Gasteiger partial charge is 0.369 e. The Morgan fingerprint density at radius 3 is 3.04 bits per heavy atom. The summed E-state index contributed by atoms with van der Waals surface area (Å²) in [6.07, 6.45) is 6.81. The molecule has 0 amide bonds. The molecule has 1 N–H and O–H groups in total. The summed E-state index contributed by atoms with van der Waals surface area (Å²) in [7, 11) is 0. The number of piperidine rings is 1. The van der Waals surface area contributed by atoms with Crippen LogP contribution in [0.15, 0.2) is 36.9 Å². The van der Waals surface area contributed by atoms with Crippen LogP contribution in [-0.4, -0.2) is 39.9 Å². The van der Waals surface area contributed by atoms with Gasteiger partial charge in [0, 0.05) is 31.7 Å². The summed E-state index contributed by atoms with van der Waals surface area (Å²) >= 11 is 6.34. The first-order valence-electron chi connectivity index (χ1n) is 8.30. The van der Waals surface area contributed by atoms with Gasteiger partial charge in [0.2, 0.25) is 0 Å². The lowest BCUT2D eigenvalue weighted by molar-refractivity contribution is 0.360. The second-order valence-electron chi connectivity index (χ2n) is 6.25. The van der Waals surface area contributed by atoms with Crippen molar-refractivity contribution >= 4 is 17.3 Å². The minimum atomic E-state index is 0.454. The van der Waals surface area contributed by atoms with Crippen LogP contribution in [0.2, 0.25) is 5.02 Å². The molecular weight excluding hydrogens is 310 g/mol. The van der Waals surface area contributed by atoms with Crippen molar-refractivity contribution in [1.82, 2.24) is 20.1 Å². The Bertz CT molecular complexity index is 601. The first-order valence-corrected chi connectivity index (χ1v) is 8.68. The minimum absolute atomic E-state index is 0.454. The fourth-order valence-electron chi connectivity index (χ4n) is 3.20. The average molecular weight is 334 g/mol. The van der Waals surface area contributed by atoms with Crippen LogP contribution in [0.1, 0.15) is 26.2 Å². The number of nitrogens with one attached hydrogen (secondary N) is 1. The molecule has 0 radical (unpaired) electrons. The van der Waals surface area contributed by atoms with E-state index in [2.05, 4.69) is 39.4 Å². The number of benzene rings is 1. The van der Waals surface area contributed by atoms with Gasteiger partial charge in [-0.2, -0.15) is 5.10 Å². The van der Waals surface area contributed by atoms with Crippen molar-refractivity contribution < 1.29 is 0 Å². The lowest BCUT2D eigenvalue weighted by atomic mass is 10.0. The first-order chi connectivity index (χ1) is 11.2. The van der Waals surface area contributed by atoms with E-state index in [9.17, 15) is 0 Å². The number of nitrogens with zero attached hydrogens (tertiary/aromatic N) is 4. The molecule has 0 spiro atoms. The van der Waals surface area contributed by atoms with Crippen LogP contribution in [-0.2, 0) is 6.54 Å². The van der Waals surface area contributed by atoms with E-state index in [1.807, 2.05) is 16.8 Å². The summed E-state index contributed by atoms with van der Waals surface area (Å²) < 4.78 is 1.88. The number of hydrogen-bond acceptors (Lipinski definition) is 4. The molecule has 1 fully saturated rings. The molecule has 3 rings (SSSR count). The summed E-state index contributed by atoms with van der Waals surface area (Å²) in [4.78, 5) is 6.38. The predicted octanol–water partition coefficient (Wildman–Crippen LogP) is 2.97. The Kier molecular flexibility index (Phi) is 5.51. The highest BCUT2D eigenvalue weighted by Gasteiger charge is 2.22. The molecule has 2 heterocycles. The van der Waals surface area contributed by atoms with Crippen LogP contribution in [0, 0.1) is 0 Å². The normalized spacial score (nSPS) is 19.7. The van der Waals surface area contributed by atoms with Gasteiger partial charge in [0.25, 0.3) is 0 Å². The zero-order valence-electron chi connectivity index (χ0n) is 13.5. The first kappa shape index (κ1) is 16.3. The van der Waals surface area contributed by atoms with E-state index in [-0.39, 0.29) is 0 Å². The van der Waals surface area contributed by atoms with E-state index in [1.54, 1.807) is 12.7 Å². The Morgan fingerprint density at radius 2 is 2.26 bits per heavy atom. The summed E-state index contributed by atoms with van der Waals surface area (Å²) in [5.74, 6) is 0. The molecule has 0 bridgehead atoms. The Balaban J connectivity index is 1.51. The summed E-state index contributed by atoms with van der Waals surface area (Å²) in [6.45, 7) is 5.23. The van der Waals surface area contributed by atoms with Gasteiger partial charge in [-0.3, -0.25) is 4.68 Å². The second kappa shape index (κ2) is 7.79. The highest BCUT2D eigenvalue weighted by atomic mass is 35.5. The van der Waals surface area contributed by atoms with Gasteiger partial charge in [-0.1, -0.05) is 23.7 Å². The van der Waals surface area contributed by atoms with E-state index < -0.39 is 0 Å². The van der Waals surface area contributed by atoms with Crippen LogP contribution in [0.5, 0.6) is 0 Å². The van der Waals surface area contributed by atoms with Gasteiger partial charge in [0.05, 0.1) is 10.7 Å². The Hall–Kier alpha value is -1.59. The molecule has 1 aliphatic rings. The predicted molar refractivity (Wildman–Crippen MR) is 93.9 cm³/mol. The summed E-state index contributed by atoms with van der Waals surface area (Å²) in [6, 6.07) is 9.07. The molecule has 0 aliphatic carbocycles. The quantitative estimate of drug-likeness (QED) is 0.882. The Morgan fingerprint density at radius 1 is 1.39 bits per heavy atom. The molecule has 1 saturated heterocycles. The zero-order valence-corrected chi connectivity index (χ0v) is 14.3. The van der Waals surface area contributed by atoms with Gasteiger partial charge < -0.3 is 10.2 Å². The van der Waals surface area contributed by atoms with E-state index in [1.165, 1.54) is 12.8 Å². The van der Waals surface area contributed by atoms with Crippen molar-refractivity contribution in [3.05, 3.63) is 41.9 Å². The number of aromatic nitrogens is 3. The highest BCUT2D eigenvalue weighted by Crippen LogP contribution is 2.27. The van der Waals surface area contributed by atoms with Gasteiger partial charge in [0.1, 0.15) is 12.7 Å². The van der Waals surface area contributed by atoms with Crippen molar-refractivity contribution in [2.45, 2.75) is 44.8 Å². The third-order valence-corrected chi connectivity index (χ3v) is 4.71. The SMILES string of the molecule is C[C@H](CCn1cncn1)N[C@@H]1CCCN(c2ccccc2Cl)C1. The molecule has 124 valence electrons. The number of rotatable bonds is 6. The summed E-state index contributed by atoms with van der Waals surface area (Å²) in [5.41, 5.74) is 1.15. The van der Waals surface area contributed by atoms with E-state index in [0.29, 0.717) is 12.1 Å². The molecule has 5 nitrogen and oxygen atoms in total. The van der Waals surface area contributed by atoms with Crippen LogP contribution in [0.4, 0.5) is 5.69 Å². The highest BCUT2D eigenvalue weighted by molar-refractivity contribution is 6.33. The molecule has 0 saturated carbocycles. The Labute approximate surface area is 142 Å².